The first-order chi connectivity index (χ1) is 18.8. The van der Waals surface area contributed by atoms with Gasteiger partial charge in [0.15, 0.2) is 0 Å². The van der Waals surface area contributed by atoms with E-state index in [1.54, 1.807) is 16.8 Å². The molecule has 0 spiro atoms. The number of allylic oxidation sites excluding steroid dienone is 7. The van der Waals surface area contributed by atoms with Crippen LogP contribution in [0.4, 0.5) is 5.69 Å². The standard InChI is InChI=1S/C36H37NS/c1-2-9-24(10-3-1)25-17-20-27(21-18-25)37-33-15-6-4-11-29(33)32-23-26(19-22-34(32)37)28-13-8-14-31-30-12-5-7-16-35(30)38-36(28)31/h1-4,7-11,14,16-18,20-21,23,28-31,33,35-36H,5-6,12-13,15,19,22H2. The van der Waals surface area contributed by atoms with E-state index >= 15 is 0 Å². The number of thioether (sulfide) groups is 1. The SMILES string of the molecule is C1=CC2SC3C(C4=CC5=C(CC4)N(c4ccc(-c6ccccc6)cc4)C4CCC=CC54)CC=CC3C2CC1. The maximum Gasteiger partial charge on any atom is 0.0446 e. The first-order valence-electron chi connectivity index (χ1n) is 14.9. The first kappa shape index (κ1) is 23.2. The summed E-state index contributed by atoms with van der Waals surface area (Å²) < 4.78 is 0. The third-order valence-electron chi connectivity index (χ3n) is 10.2. The third kappa shape index (κ3) is 3.74. The van der Waals surface area contributed by atoms with Crippen molar-refractivity contribution in [2.24, 2.45) is 23.7 Å². The zero-order valence-electron chi connectivity index (χ0n) is 22.1. The summed E-state index contributed by atoms with van der Waals surface area (Å²) in [5.74, 6) is 2.89. The average molecular weight is 516 g/mol. The molecule has 8 rings (SSSR count). The molecule has 1 nitrogen and oxygen atoms in total. The summed E-state index contributed by atoms with van der Waals surface area (Å²) in [5.41, 5.74) is 8.95. The predicted octanol–water partition coefficient (Wildman–Crippen LogP) is 9.13. The van der Waals surface area contributed by atoms with E-state index in [1.165, 1.54) is 61.8 Å². The number of anilines is 1. The van der Waals surface area contributed by atoms with Crippen LogP contribution in [-0.2, 0) is 0 Å². The van der Waals surface area contributed by atoms with Crippen LogP contribution in [0.1, 0.15) is 44.9 Å². The highest BCUT2D eigenvalue weighted by molar-refractivity contribution is 8.01. The number of hydrogen-bond acceptors (Lipinski definition) is 2. The van der Waals surface area contributed by atoms with E-state index in [2.05, 4.69) is 114 Å². The fourth-order valence-corrected chi connectivity index (χ4v) is 10.4. The van der Waals surface area contributed by atoms with Gasteiger partial charge in [-0.2, -0.15) is 0 Å². The largest absolute Gasteiger partial charge is 0.341 e. The second-order valence-corrected chi connectivity index (χ2v) is 13.4. The van der Waals surface area contributed by atoms with Crippen molar-refractivity contribution < 1.29 is 0 Å². The van der Waals surface area contributed by atoms with Gasteiger partial charge in [0.2, 0.25) is 0 Å². The summed E-state index contributed by atoms with van der Waals surface area (Å²) >= 11 is 2.31. The van der Waals surface area contributed by atoms with Crippen LogP contribution in [0.3, 0.4) is 0 Å². The fraction of sp³-hybridized carbons (Fsp3) is 0.389. The number of hydrogen-bond donors (Lipinski definition) is 0. The quantitative estimate of drug-likeness (QED) is 0.375. The van der Waals surface area contributed by atoms with Gasteiger partial charge < -0.3 is 4.90 Å². The van der Waals surface area contributed by atoms with E-state index in [-0.39, 0.29) is 0 Å². The Morgan fingerprint density at radius 3 is 2.47 bits per heavy atom. The molecule has 2 aliphatic heterocycles. The molecule has 2 heteroatoms. The molecule has 4 aliphatic carbocycles. The summed E-state index contributed by atoms with van der Waals surface area (Å²) in [6.07, 6.45) is 26.6. The lowest BCUT2D eigenvalue weighted by atomic mass is 9.71. The molecule has 7 unspecified atom stereocenters. The highest BCUT2D eigenvalue weighted by Gasteiger charge is 2.48. The molecule has 2 aromatic rings. The number of benzene rings is 2. The summed E-state index contributed by atoms with van der Waals surface area (Å²) in [4.78, 5) is 2.73. The van der Waals surface area contributed by atoms with Crippen molar-refractivity contribution in [2.75, 3.05) is 4.90 Å². The van der Waals surface area contributed by atoms with Crippen LogP contribution in [0, 0.1) is 23.7 Å². The van der Waals surface area contributed by atoms with Crippen LogP contribution in [0.25, 0.3) is 11.1 Å². The number of nitrogens with zero attached hydrogens (tertiary/aromatic N) is 1. The Bertz CT molecular complexity index is 1360. The van der Waals surface area contributed by atoms with E-state index in [0.29, 0.717) is 17.9 Å². The lowest BCUT2D eigenvalue weighted by Gasteiger charge is -2.35. The molecule has 0 saturated carbocycles. The Morgan fingerprint density at radius 1 is 0.763 bits per heavy atom. The molecule has 1 saturated heterocycles. The van der Waals surface area contributed by atoms with Crippen LogP contribution in [0.5, 0.6) is 0 Å². The number of rotatable bonds is 3. The van der Waals surface area contributed by atoms with Crippen molar-refractivity contribution in [1.82, 2.24) is 0 Å². The van der Waals surface area contributed by atoms with Gasteiger partial charge in [0.25, 0.3) is 0 Å². The van der Waals surface area contributed by atoms with Gasteiger partial charge in [0.1, 0.15) is 0 Å². The zero-order chi connectivity index (χ0) is 25.1. The van der Waals surface area contributed by atoms with E-state index in [9.17, 15) is 0 Å². The van der Waals surface area contributed by atoms with Crippen molar-refractivity contribution in [2.45, 2.75) is 61.5 Å². The molecule has 0 radical (unpaired) electrons. The molecule has 2 heterocycles. The van der Waals surface area contributed by atoms with Crippen LogP contribution < -0.4 is 4.90 Å². The van der Waals surface area contributed by atoms with E-state index < -0.39 is 0 Å². The second kappa shape index (κ2) is 9.49. The molecule has 192 valence electrons. The highest BCUT2D eigenvalue weighted by Crippen LogP contribution is 2.56. The van der Waals surface area contributed by atoms with Gasteiger partial charge in [-0.25, -0.2) is 0 Å². The summed E-state index contributed by atoms with van der Waals surface area (Å²) in [7, 11) is 0. The first-order valence-corrected chi connectivity index (χ1v) is 15.8. The van der Waals surface area contributed by atoms with Crippen LogP contribution in [-0.4, -0.2) is 16.5 Å². The summed E-state index contributed by atoms with van der Waals surface area (Å²) in [5, 5.41) is 1.52. The summed E-state index contributed by atoms with van der Waals surface area (Å²) in [6.45, 7) is 0. The highest BCUT2D eigenvalue weighted by atomic mass is 32.2. The van der Waals surface area contributed by atoms with Gasteiger partial charge in [-0.15, -0.1) is 11.8 Å². The van der Waals surface area contributed by atoms with Gasteiger partial charge in [-0.1, -0.05) is 90.6 Å². The van der Waals surface area contributed by atoms with Crippen molar-refractivity contribution in [1.29, 1.82) is 0 Å². The fourth-order valence-electron chi connectivity index (χ4n) is 8.41. The molecule has 0 amide bonds. The predicted molar refractivity (Wildman–Crippen MR) is 162 cm³/mol. The second-order valence-electron chi connectivity index (χ2n) is 12.1. The Kier molecular flexibility index (Phi) is 5.79. The Balaban J connectivity index is 1.12. The molecule has 38 heavy (non-hydrogen) atoms. The van der Waals surface area contributed by atoms with E-state index in [4.69, 9.17) is 0 Å². The van der Waals surface area contributed by atoms with Crippen LogP contribution in [0.15, 0.2) is 114 Å². The van der Waals surface area contributed by atoms with Gasteiger partial charge in [0, 0.05) is 33.8 Å². The third-order valence-corrected chi connectivity index (χ3v) is 11.9. The topological polar surface area (TPSA) is 3.24 Å². The van der Waals surface area contributed by atoms with Crippen LogP contribution >= 0.6 is 11.8 Å². The average Bonchev–Trinajstić information content (AvgIpc) is 3.53. The van der Waals surface area contributed by atoms with Crippen molar-refractivity contribution in [3.05, 3.63) is 114 Å². The molecule has 0 bridgehead atoms. The minimum atomic E-state index is 0.541. The maximum atomic E-state index is 2.73. The Hall–Kier alpha value is -2.71. The summed E-state index contributed by atoms with van der Waals surface area (Å²) in [6, 6.07) is 20.7. The molecular formula is C36H37NS. The van der Waals surface area contributed by atoms with Crippen molar-refractivity contribution in [3.8, 4) is 11.1 Å². The Morgan fingerprint density at radius 2 is 1.58 bits per heavy atom. The minimum absolute atomic E-state index is 0.541. The normalized spacial score (nSPS) is 35.0. The van der Waals surface area contributed by atoms with Gasteiger partial charge in [-0.05, 0) is 91.5 Å². The van der Waals surface area contributed by atoms with E-state index in [1.807, 2.05) is 0 Å². The lowest BCUT2D eigenvalue weighted by Crippen LogP contribution is -2.34. The molecular weight excluding hydrogens is 478 g/mol. The Labute approximate surface area is 232 Å². The zero-order valence-corrected chi connectivity index (χ0v) is 22.9. The van der Waals surface area contributed by atoms with E-state index in [0.717, 1.165) is 22.3 Å². The molecule has 2 aromatic carbocycles. The lowest BCUT2D eigenvalue weighted by molar-refractivity contribution is 0.341. The van der Waals surface area contributed by atoms with Gasteiger partial charge >= 0.3 is 0 Å². The molecule has 1 fully saturated rings. The molecule has 0 aromatic heterocycles. The monoisotopic (exact) mass is 515 g/mol. The minimum Gasteiger partial charge on any atom is -0.341 e. The maximum absolute atomic E-state index is 2.73. The molecule has 0 N–H and O–H groups in total. The van der Waals surface area contributed by atoms with Crippen molar-refractivity contribution >= 4 is 17.4 Å². The molecule has 6 aliphatic rings. The van der Waals surface area contributed by atoms with Gasteiger partial charge in [-0.3, -0.25) is 0 Å². The smallest absolute Gasteiger partial charge is 0.0446 e. The van der Waals surface area contributed by atoms with Gasteiger partial charge in [0.05, 0.1) is 0 Å². The van der Waals surface area contributed by atoms with Crippen molar-refractivity contribution in [3.63, 3.8) is 0 Å². The molecule has 7 atom stereocenters. The number of fused-ring (bicyclic) bond motifs is 5. The van der Waals surface area contributed by atoms with Crippen LogP contribution in [0.2, 0.25) is 0 Å².